The zero-order valence-electron chi connectivity index (χ0n) is 19.2. The molecular formula is C30H26N3O2+. The molecule has 4 aromatic rings. The summed E-state index contributed by atoms with van der Waals surface area (Å²) in [4.78, 5) is 19.1. The minimum Gasteiger partial charge on any atom is -0.508 e. The Morgan fingerprint density at radius 1 is 0.886 bits per heavy atom. The van der Waals surface area contributed by atoms with E-state index in [2.05, 4.69) is 52.8 Å². The van der Waals surface area contributed by atoms with Gasteiger partial charge in [-0.25, -0.2) is 4.99 Å². The van der Waals surface area contributed by atoms with Crippen LogP contribution in [0.2, 0.25) is 0 Å². The van der Waals surface area contributed by atoms with Gasteiger partial charge in [0.15, 0.2) is 5.82 Å². The number of fused-ring (bicyclic) bond motifs is 2. The van der Waals surface area contributed by atoms with Gasteiger partial charge in [-0.15, -0.1) is 0 Å². The number of carbonyl (C=O) groups excluding carboxylic acids is 1. The molecule has 2 heterocycles. The lowest BCUT2D eigenvalue weighted by atomic mass is 9.99. The summed E-state index contributed by atoms with van der Waals surface area (Å²) >= 11 is 0. The monoisotopic (exact) mass is 460 g/mol. The maximum atomic E-state index is 13.7. The van der Waals surface area contributed by atoms with Crippen LogP contribution in [0.15, 0.2) is 109 Å². The van der Waals surface area contributed by atoms with E-state index in [0.29, 0.717) is 19.4 Å². The zero-order chi connectivity index (χ0) is 23.8. The van der Waals surface area contributed by atoms with Gasteiger partial charge in [-0.2, -0.15) is 0 Å². The third-order valence-electron chi connectivity index (χ3n) is 6.79. The Labute approximate surface area is 204 Å². The molecule has 0 spiro atoms. The highest BCUT2D eigenvalue weighted by Gasteiger charge is 2.42. The van der Waals surface area contributed by atoms with Gasteiger partial charge in [0.2, 0.25) is 11.4 Å². The van der Waals surface area contributed by atoms with E-state index >= 15 is 0 Å². The van der Waals surface area contributed by atoms with Gasteiger partial charge in [0, 0.05) is 12.0 Å². The van der Waals surface area contributed by atoms with Gasteiger partial charge >= 0.3 is 0 Å². The highest BCUT2D eigenvalue weighted by atomic mass is 16.3. The quantitative estimate of drug-likeness (QED) is 0.429. The molecule has 0 aromatic heterocycles. The topological polar surface area (TPSA) is 66.5 Å². The van der Waals surface area contributed by atoms with Crippen molar-refractivity contribution in [2.24, 2.45) is 0 Å². The van der Waals surface area contributed by atoms with E-state index in [1.54, 1.807) is 12.1 Å². The smallest absolute Gasteiger partial charge is 0.251 e. The molecule has 172 valence electrons. The van der Waals surface area contributed by atoms with Gasteiger partial charge in [-0.1, -0.05) is 72.8 Å². The molecule has 1 unspecified atom stereocenters. The lowest BCUT2D eigenvalue weighted by molar-refractivity contribution is -0.406. The van der Waals surface area contributed by atoms with Gasteiger partial charge in [-0.3, -0.25) is 9.69 Å². The first-order chi connectivity index (χ1) is 17.2. The molecule has 2 aliphatic rings. The number of rotatable bonds is 5. The lowest BCUT2D eigenvalue weighted by Gasteiger charge is -2.20. The first-order valence-electron chi connectivity index (χ1n) is 11.9. The van der Waals surface area contributed by atoms with Gasteiger partial charge in [-0.05, 0) is 46.2 Å². The van der Waals surface area contributed by atoms with Crippen LogP contribution in [0, 0.1) is 0 Å². The fourth-order valence-electron chi connectivity index (χ4n) is 5.03. The Balaban J connectivity index is 1.36. The summed E-state index contributed by atoms with van der Waals surface area (Å²) < 4.78 is 0. The molecule has 2 aliphatic heterocycles. The van der Waals surface area contributed by atoms with Crippen LogP contribution >= 0.6 is 0 Å². The van der Waals surface area contributed by atoms with E-state index < -0.39 is 0 Å². The molecule has 5 heteroatoms. The van der Waals surface area contributed by atoms with E-state index in [-0.39, 0.29) is 17.7 Å². The van der Waals surface area contributed by atoms with Crippen molar-refractivity contribution in [2.45, 2.75) is 18.9 Å². The van der Waals surface area contributed by atoms with Crippen LogP contribution in [0.4, 0.5) is 0 Å². The molecule has 35 heavy (non-hydrogen) atoms. The number of phenols is 1. The molecule has 4 aromatic carbocycles. The number of phenolic OH excluding ortho intramolecular Hbond substituents is 1. The van der Waals surface area contributed by atoms with Crippen LogP contribution in [0.5, 0.6) is 5.75 Å². The molecule has 0 aliphatic carbocycles. The van der Waals surface area contributed by atoms with E-state index in [0.717, 1.165) is 28.4 Å². The predicted molar refractivity (Wildman–Crippen MR) is 137 cm³/mol. The Bertz CT molecular complexity index is 1470. The van der Waals surface area contributed by atoms with Crippen molar-refractivity contribution in [3.8, 4) is 5.75 Å². The largest absolute Gasteiger partial charge is 0.508 e. The maximum absolute atomic E-state index is 13.7. The van der Waals surface area contributed by atoms with E-state index in [9.17, 15) is 9.90 Å². The summed E-state index contributed by atoms with van der Waals surface area (Å²) in [5.41, 5.74) is 5.20. The van der Waals surface area contributed by atoms with Gasteiger partial charge < -0.3 is 10.4 Å². The molecule has 3 N–H and O–H groups in total. The second kappa shape index (κ2) is 8.76. The van der Waals surface area contributed by atoms with Crippen molar-refractivity contribution in [1.29, 1.82) is 0 Å². The standard InChI is InChI=1S/C30H25N3O2/c34-24-15-13-22(14-16-24)28-19-33-29(26(31-28)17-20-7-2-1-3-8-20)32-27(30(33)35)18-23-11-6-10-21-9-4-5-12-25(21)23/h1-16,27,32,34H,17-19H2/p+1. The number of benzene rings is 4. The second-order valence-electron chi connectivity index (χ2n) is 9.10. The molecule has 1 saturated heterocycles. The Morgan fingerprint density at radius 2 is 1.63 bits per heavy atom. The molecule has 0 bridgehead atoms. The van der Waals surface area contributed by atoms with Crippen LogP contribution < -0.4 is 10.3 Å². The van der Waals surface area contributed by atoms with E-state index in [1.165, 1.54) is 16.3 Å². The number of hydrogen-bond donors (Lipinski definition) is 3. The van der Waals surface area contributed by atoms with Gasteiger partial charge in [0.25, 0.3) is 5.91 Å². The Kier molecular flexibility index (Phi) is 5.30. The minimum atomic E-state index is -0.331. The molecule has 1 amide bonds. The van der Waals surface area contributed by atoms with Crippen LogP contribution in [-0.4, -0.2) is 34.2 Å². The molecular weight excluding hydrogens is 434 g/mol. The number of nitrogens with zero attached hydrogens (tertiary/aromatic N) is 1. The second-order valence-corrected chi connectivity index (χ2v) is 9.10. The third kappa shape index (κ3) is 4.06. The number of aromatic hydroxyl groups is 1. The van der Waals surface area contributed by atoms with E-state index in [1.807, 2.05) is 47.4 Å². The number of amides is 1. The van der Waals surface area contributed by atoms with Crippen LogP contribution in [0.3, 0.4) is 0 Å². The van der Waals surface area contributed by atoms with Crippen molar-refractivity contribution < 1.29 is 14.9 Å². The van der Waals surface area contributed by atoms with Crippen molar-refractivity contribution in [2.75, 3.05) is 6.54 Å². The van der Waals surface area contributed by atoms with Gasteiger partial charge in [0.1, 0.15) is 18.3 Å². The number of allylic oxidation sites excluding steroid dienone is 1. The fourth-order valence-corrected chi connectivity index (χ4v) is 5.03. The van der Waals surface area contributed by atoms with Crippen LogP contribution in [-0.2, 0) is 17.6 Å². The fraction of sp³-hybridized carbons (Fsp3) is 0.133. The zero-order valence-corrected chi connectivity index (χ0v) is 19.2. The summed E-state index contributed by atoms with van der Waals surface area (Å²) in [6.45, 7) is 0.455. The van der Waals surface area contributed by atoms with Crippen LogP contribution in [0.1, 0.15) is 16.7 Å². The molecule has 5 nitrogen and oxygen atoms in total. The normalized spacial score (nSPS) is 17.4. The number of carbonyl (C=O) groups is 1. The SMILES string of the molecule is O=C1C(Cc2cccc3ccccc23)NC2=C(Cc3ccccc3)[NH+]=C(c3ccc(O)cc3)CN12. The summed E-state index contributed by atoms with van der Waals surface area (Å²) in [5.74, 6) is 1.16. The summed E-state index contributed by atoms with van der Waals surface area (Å²) in [6.07, 6.45) is 1.29. The Hall–Kier alpha value is -4.38. The Morgan fingerprint density at radius 3 is 2.46 bits per heavy atom. The molecule has 6 rings (SSSR count). The average molecular weight is 461 g/mol. The third-order valence-corrected chi connectivity index (χ3v) is 6.79. The molecule has 1 fully saturated rings. The summed E-state index contributed by atoms with van der Waals surface area (Å²) in [5, 5.41) is 15.6. The first kappa shape index (κ1) is 21.2. The summed E-state index contributed by atoms with van der Waals surface area (Å²) in [7, 11) is 0. The van der Waals surface area contributed by atoms with Crippen molar-refractivity contribution in [3.05, 3.63) is 125 Å². The van der Waals surface area contributed by atoms with Crippen LogP contribution in [0.25, 0.3) is 10.8 Å². The lowest BCUT2D eigenvalue weighted by Crippen LogP contribution is -2.76. The van der Waals surface area contributed by atoms with Crippen molar-refractivity contribution >= 4 is 22.4 Å². The molecule has 0 saturated carbocycles. The maximum Gasteiger partial charge on any atom is 0.251 e. The highest BCUT2D eigenvalue weighted by Crippen LogP contribution is 2.25. The first-order valence-corrected chi connectivity index (χ1v) is 11.9. The van der Waals surface area contributed by atoms with Crippen molar-refractivity contribution in [1.82, 2.24) is 10.2 Å². The highest BCUT2D eigenvalue weighted by molar-refractivity contribution is 6.02. The predicted octanol–water partition coefficient (Wildman–Crippen LogP) is 2.88. The number of hydrogen-bond acceptors (Lipinski definition) is 3. The van der Waals surface area contributed by atoms with E-state index in [4.69, 9.17) is 0 Å². The average Bonchev–Trinajstić information content (AvgIpc) is 3.21. The van der Waals surface area contributed by atoms with Crippen molar-refractivity contribution in [3.63, 3.8) is 0 Å². The summed E-state index contributed by atoms with van der Waals surface area (Å²) in [6, 6.07) is 31.6. The van der Waals surface area contributed by atoms with Gasteiger partial charge in [0.05, 0.1) is 6.42 Å². The molecule has 1 atom stereocenters. The number of nitrogens with one attached hydrogen (secondary N) is 2. The minimum absolute atomic E-state index is 0.0799. The molecule has 0 radical (unpaired) electrons.